The van der Waals surface area contributed by atoms with Crippen LogP contribution in [0.5, 0.6) is 0 Å². The largest absolute Gasteiger partial charge is 0.479 e. The first-order valence-electron chi connectivity index (χ1n) is 4.71. The van der Waals surface area contributed by atoms with Crippen LogP contribution in [0.2, 0.25) is 0 Å². The number of likely N-dealkylation sites (N-methyl/N-ethyl adjacent to an activating group) is 1. The van der Waals surface area contributed by atoms with Crippen molar-refractivity contribution in [1.29, 1.82) is 0 Å². The first-order valence-corrected chi connectivity index (χ1v) is 4.71. The number of nitrogens with zero attached hydrogens (tertiary/aromatic N) is 1. The van der Waals surface area contributed by atoms with Crippen molar-refractivity contribution in [3.8, 4) is 0 Å². The van der Waals surface area contributed by atoms with Crippen molar-refractivity contribution in [2.24, 2.45) is 0 Å². The van der Waals surface area contributed by atoms with Crippen LogP contribution in [0.4, 0.5) is 0 Å². The van der Waals surface area contributed by atoms with Gasteiger partial charge in [-0.1, -0.05) is 0 Å². The molecule has 0 unspecified atom stereocenters. The zero-order valence-electron chi connectivity index (χ0n) is 9.58. The molecule has 0 amide bonds. The van der Waals surface area contributed by atoms with Gasteiger partial charge in [-0.3, -0.25) is 0 Å². The third kappa shape index (κ3) is 5.64. The smallest absolute Gasteiger partial charge is 0.338 e. The van der Waals surface area contributed by atoms with E-state index in [0.717, 1.165) is 0 Å². The summed E-state index contributed by atoms with van der Waals surface area (Å²) in [6, 6.07) is 0. The van der Waals surface area contributed by atoms with Crippen molar-refractivity contribution in [2.75, 3.05) is 34.3 Å². The monoisotopic (exact) mass is 236 g/mol. The maximum absolute atomic E-state index is 11.1. The van der Waals surface area contributed by atoms with Gasteiger partial charge in [0, 0.05) is 0 Å². The molecule has 0 saturated heterocycles. The summed E-state index contributed by atoms with van der Waals surface area (Å²) >= 11 is 0. The van der Waals surface area contributed by atoms with E-state index >= 15 is 0 Å². The summed E-state index contributed by atoms with van der Waals surface area (Å²) in [5.41, 5.74) is 0. The molecular weight excluding hydrogens is 218 g/mol. The van der Waals surface area contributed by atoms with Gasteiger partial charge >= 0.3 is 11.9 Å². The van der Waals surface area contributed by atoms with Crippen molar-refractivity contribution >= 4 is 11.9 Å². The number of ether oxygens (including phenoxy) is 1. The summed E-state index contributed by atoms with van der Waals surface area (Å²) < 4.78 is 5.18. The van der Waals surface area contributed by atoms with Crippen LogP contribution in [0.25, 0.3) is 0 Å². The van der Waals surface area contributed by atoms with E-state index in [1.54, 1.807) is 0 Å². The number of carboxylic acids is 1. The lowest BCUT2D eigenvalue weighted by molar-refractivity contribution is -0.870. The average Bonchev–Trinajstić information content (AvgIpc) is 2.13. The van der Waals surface area contributed by atoms with E-state index in [2.05, 4.69) is 4.74 Å². The number of hydrogen-bond donors (Lipinski definition) is 3. The van der Waals surface area contributed by atoms with E-state index in [9.17, 15) is 9.59 Å². The molecule has 16 heavy (non-hydrogen) atoms. The van der Waals surface area contributed by atoms with Gasteiger partial charge in [0.25, 0.3) is 0 Å². The van der Waals surface area contributed by atoms with E-state index in [1.165, 1.54) is 0 Å². The first kappa shape index (κ1) is 14.8. The number of aliphatic hydroxyl groups excluding tert-OH is 2. The molecule has 0 aliphatic rings. The number of carbonyl (C=O) groups is 2. The molecule has 94 valence electrons. The molecule has 2 atom stereocenters. The van der Waals surface area contributed by atoms with E-state index in [4.69, 9.17) is 15.3 Å². The molecule has 7 heteroatoms. The fourth-order valence-corrected chi connectivity index (χ4v) is 0.769. The predicted molar refractivity (Wildman–Crippen MR) is 53.5 cm³/mol. The van der Waals surface area contributed by atoms with Gasteiger partial charge in [0.05, 0.1) is 21.1 Å². The third-order valence-corrected chi connectivity index (χ3v) is 1.80. The van der Waals surface area contributed by atoms with Crippen LogP contribution in [0.3, 0.4) is 0 Å². The van der Waals surface area contributed by atoms with Gasteiger partial charge in [0.2, 0.25) is 0 Å². The van der Waals surface area contributed by atoms with Crippen molar-refractivity contribution in [2.45, 2.75) is 12.2 Å². The predicted octanol–water partition coefficient (Wildman–Crippen LogP) is -1.96. The maximum Gasteiger partial charge on any atom is 0.338 e. The van der Waals surface area contributed by atoms with Gasteiger partial charge in [-0.2, -0.15) is 0 Å². The zero-order valence-corrected chi connectivity index (χ0v) is 9.58. The van der Waals surface area contributed by atoms with Crippen LogP contribution in [-0.2, 0) is 14.3 Å². The summed E-state index contributed by atoms with van der Waals surface area (Å²) in [5.74, 6) is -2.81. The van der Waals surface area contributed by atoms with E-state index in [1.807, 2.05) is 21.1 Å². The average molecular weight is 236 g/mol. The SMILES string of the molecule is C[N+](C)(C)CCOC(=O)[C@H](O)[C@H](O)C(=O)O. The molecule has 0 aliphatic carbocycles. The molecule has 0 fully saturated rings. The van der Waals surface area contributed by atoms with Crippen molar-refractivity contribution < 1.29 is 34.1 Å². The molecule has 0 aromatic heterocycles. The van der Waals surface area contributed by atoms with E-state index in [-0.39, 0.29) is 6.61 Å². The Morgan fingerprint density at radius 2 is 1.69 bits per heavy atom. The van der Waals surface area contributed by atoms with Gasteiger partial charge in [-0.15, -0.1) is 0 Å². The molecule has 0 heterocycles. The molecule has 3 N–H and O–H groups in total. The van der Waals surface area contributed by atoms with Crippen LogP contribution < -0.4 is 0 Å². The Labute approximate surface area is 93.4 Å². The van der Waals surface area contributed by atoms with Crippen LogP contribution in [0.1, 0.15) is 0 Å². The summed E-state index contributed by atoms with van der Waals surface area (Å²) in [7, 11) is 5.66. The molecule has 0 bridgehead atoms. The lowest BCUT2D eigenvalue weighted by Crippen LogP contribution is -2.42. The van der Waals surface area contributed by atoms with Gasteiger partial charge in [-0.05, 0) is 0 Å². The molecular formula is C9H18NO6+. The molecule has 0 saturated carbocycles. The number of aliphatic carboxylic acids is 1. The van der Waals surface area contributed by atoms with Crippen molar-refractivity contribution in [3.63, 3.8) is 0 Å². The second kappa shape index (κ2) is 5.78. The highest BCUT2D eigenvalue weighted by Crippen LogP contribution is 1.98. The fourth-order valence-electron chi connectivity index (χ4n) is 0.769. The quantitative estimate of drug-likeness (QED) is 0.365. The lowest BCUT2D eigenvalue weighted by atomic mass is 10.2. The van der Waals surface area contributed by atoms with Crippen LogP contribution in [-0.4, -0.2) is 78.2 Å². The van der Waals surface area contributed by atoms with Gasteiger partial charge in [0.1, 0.15) is 13.2 Å². The normalized spacial score (nSPS) is 15.3. The Balaban J connectivity index is 4.03. The Morgan fingerprint density at radius 3 is 2.06 bits per heavy atom. The van der Waals surface area contributed by atoms with Gasteiger partial charge in [-0.25, -0.2) is 9.59 Å². The molecule has 0 aromatic rings. The summed E-state index contributed by atoms with van der Waals surface area (Å²) in [5, 5.41) is 26.3. The molecule has 7 nitrogen and oxygen atoms in total. The van der Waals surface area contributed by atoms with Crippen LogP contribution in [0, 0.1) is 0 Å². The Hall–Kier alpha value is -1.18. The van der Waals surface area contributed by atoms with E-state index in [0.29, 0.717) is 11.0 Å². The van der Waals surface area contributed by atoms with Gasteiger partial charge < -0.3 is 24.5 Å². The minimum atomic E-state index is -2.16. The Kier molecular flexibility index (Phi) is 5.36. The summed E-state index contributed by atoms with van der Waals surface area (Å²) in [6.45, 7) is 0.563. The van der Waals surface area contributed by atoms with Crippen molar-refractivity contribution in [3.05, 3.63) is 0 Å². The second-order valence-electron chi connectivity index (χ2n) is 4.41. The standard InChI is InChI=1S/C9H17NO6/c1-10(2,3)4-5-16-9(15)7(12)6(11)8(13)14/h6-7,11-12H,4-5H2,1-3H3/p+1/t6-,7+/m0/s1. The number of hydrogen-bond acceptors (Lipinski definition) is 5. The molecule has 0 rings (SSSR count). The number of rotatable bonds is 6. The number of carbonyl (C=O) groups excluding carboxylic acids is 1. The van der Waals surface area contributed by atoms with Gasteiger partial charge in [0.15, 0.2) is 12.2 Å². The number of quaternary nitrogens is 1. The van der Waals surface area contributed by atoms with Crippen LogP contribution >= 0.6 is 0 Å². The maximum atomic E-state index is 11.1. The molecule has 0 spiro atoms. The van der Waals surface area contributed by atoms with Crippen molar-refractivity contribution in [1.82, 2.24) is 0 Å². The third-order valence-electron chi connectivity index (χ3n) is 1.80. The molecule has 0 radical (unpaired) electrons. The highest BCUT2D eigenvalue weighted by atomic mass is 16.6. The molecule has 0 aliphatic heterocycles. The zero-order chi connectivity index (χ0) is 12.9. The topological polar surface area (TPSA) is 104 Å². The first-order chi connectivity index (χ1) is 7.15. The summed E-state index contributed by atoms with van der Waals surface area (Å²) in [4.78, 5) is 21.3. The fraction of sp³-hybridized carbons (Fsp3) is 0.778. The lowest BCUT2D eigenvalue weighted by Gasteiger charge is -2.23. The number of carboxylic acid groups (broad SMARTS) is 1. The second-order valence-corrected chi connectivity index (χ2v) is 4.41. The number of esters is 1. The van der Waals surface area contributed by atoms with E-state index < -0.39 is 24.1 Å². The number of aliphatic hydroxyl groups is 2. The highest BCUT2D eigenvalue weighted by molar-refractivity contribution is 5.84. The minimum absolute atomic E-state index is 0.0474. The molecule has 0 aromatic carbocycles. The minimum Gasteiger partial charge on any atom is -0.479 e. The van der Waals surface area contributed by atoms with Crippen LogP contribution in [0.15, 0.2) is 0 Å². The summed E-state index contributed by atoms with van der Waals surface area (Å²) in [6.07, 6.45) is -4.21. The highest BCUT2D eigenvalue weighted by Gasteiger charge is 2.31. The Morgan fingerprint density at radius 1 is 1.19 bits per heavy atom. The Bertz CT molecular complexity index is 259.